The maximum absolute atomic E-state index is 11.6. The van der Waals surface area contributed by atoms with Gasteiger partial charge in [-0.1, -0.05) is 11.8 Å². The normalized spacial score (nSPS) is 11.5. The van der Waals surface area contributed by atoms with Gasteiger partial charge in [-0.25, -0.2) is 22.9 Å². The maximum atomic E-state index is 11.6. The number of carbonyl (C=O) groups is 1. The smallest absolute Gasteiger partial charge is 0.347 e. The van der Waals surface area contributed by atoms with Gasteiger partial charge in [0, 0.05) is 4.90 Å². The lowest BCUT2D eigenvalue weighted by Crippen LogP contribution is -2.18. The molecule has 0 saturated heterocycles. The summed E-state index contributed by atoms with van der Waals surface area (Å²) in [7, 11) is -2.10. The molecule has 21 heavy (non-hydrogen) atoms. The molecule has 1 aromatic heterocycles. The van der Waals surface area contributed by atoms with Crippen molar-refractivity contribution in [2.75, 3.05) is 7.05 Å². The van der Waals surface area contributed by atoms with Gasteiger partial charge in [-0.3, -0.25) is 0 Å². The fourth-order valence-corrected chi connectivity index (χ4v) is 4.25. The van der Waals surface area contributed by atoms with Crippen LogP contribution in [0.5, 0.6) is 0 Å². The third-order valence-electron chi connectivity index (χ3n) is 2.58. The predicted octanol–water partition coefficient (Wildman–Crippen LogP) is 2.21. The number of carboxylic acid groups (broad SMARTS) is 1. The molecule has 2 rings (SSSR count). The second-order valence-electron chi connectivity index (χ2n) is 3.98. The molecule has 0 spiro atoms. The number of hydrogen-bond donors (Lipinski definition) is 2. The Morgan fingerprint density at radius 1 is 1.33 bits per heavy atom. The first-order valence-electron chi connectivity index (χ1n) is 5.75. The highest BCUT2D eigenvalue weighted by molar-refractivity contribution is 8.01. The molecule has 6 nitrogen and oxygen atoms in total. The number of sulfonamides is 1. The topological polar surface area (TPSA) is 96.4 Å². The largest absolute Gasteiger partial charge is 0.477 e. The molecule has 2 aromatic rings. The van der Waals surface area contributed by atoms with Crippen LogP contribution in [0.4, 0.5) is 0 Å². The lowest BCUT2D eigenvalue weighted by Gasteiger charge is -2.03. The molecule has 0 amide bonds. The first-order chi connectivity index (χ1) is 9.83. The van der Waals surface area contributed by atoms with Crippen LogP contribution < -0.4 is 4.72 Å². The van der Waals surface area contributed by atoms with E-state index in [0.717, 1.165) is 16.2 Å². The van der Waals surface area contributed by atoms with E-state index in [9.17, 15) is 13.2 Å². The van der Waals surface area contributed by atoms with Crippen LogP contribution in [-0.2, 0) is 10.0 Å². The van der Waals surface area contributed by atoms with Gasteiger partial charge in [-0.05, 0) is 38.2 Å². The van der Waals surface area contributed by atoms with Crippen LogP contribution >= 0.6 is 23.1 Å². The highest BCUT2D eigenvalue weighted by atomic mass is 32.2. The first-order valence-corrected chi connectivity index (χ1v) is 8.87. The summed E-state index contributed by atoms with van der Waals surface area (Å²) >= 11 is 2.39. The fourth-order valence-electron chi connectivity index (χ4n) is 1.52. The molecule has 0 aliphatic rings. The van der Waals surface area contributed by atoms with Crippen LogP contribution in [0.3, 0.4) is 0 Å². The maximum Gasteiger partial charge on any atom is 0.347 e. The van der Waals surface area contributed by atoms with Crippen molar-refractivity contribution in [1.82, 2.24) is 9.71 Å². The van der Waals surface area contributed by atoms with Crippen molar-refractivity contribution in [2.45, 2.75) is 21.1 Å². The second kappa shape index (κ2) is 6.14. The van der Waals surface area contributed by atoms with Crippen LogP contribution in [0, 0.1) is 6.92 Å². The summed E-state index contributed by atoms with van der Waals surface area (Å²) in [4.78, 5) is 16.3. The Morgan fingerprint density at radius 3 is 2.43 bits per heavy atom. The molecule has 0 atom stereocenters. The van der Waals surface area contributed by atoms with E-state index >= 15 is 0 Å². The zero-order valence-electron chi connectivity index (χ0n) is 11.2. The van der Waals surface area contributed by atoms with Gasteiger partial charge in [0.25, 0.3) is 0 Å². The lowest BCUT2D eigenvalue weighted by molar-refractivity contribution is 0.0701. The number of nitrogens with zero attached hydrogens (tertiary/aromatic N) is 1. The third-order valence-corrected chi connectivity index (χ3v) is 6.22. The Hall–Kier alpha value is -1.42. The Kier molecular flexibility index (Phi) is 4.67. The number of hydrogen-bond acceptors (Lipinski definition) is 6. The quantitative estimate of drug-likeness (QED) is 0.863. The molecular formula is C12H12N2O4S3. The number of thiazole rings is 1. The zero-order valence-corrected chi connectivity index (χ0v) is 13.6. The average molecular weight is 344 g/mol. The van der Waals surface area contributed by atoms with Gasteiger partial charge >= 0.3 is 5.97 Å². The van der Waals surface area contributed by atoms with Crippen molar-refractivity contribution < 1.29 is 18.3 Å². The highest BCUT2D eigenvalue weighted by Gasteiger charge is 2.15. The van der Waals surface area contributed by atoms with E-state index in [4.69, 9.17) is 5.11 Å². The fraction of sp³-hybridized carbons (Fsp3) is 0.167. The highest BCUT2D eigenvalue weighted by Crippen LogP contribution is 2.33. The van der Waals surface area contributed by atoms with Gasteiger partial charge in [-0.2, -0.15) is 0 Å². The molecule has 0 aliphatic heterocycles. The molecule has 0 radical (unpaired) electrons. The summed E-state index contributed by atoms with van der Waals surface area (Å²) in [6.45, 7) is 1.65. The lowest BCUT2D eigenvalue weighted by atomic mass is 10.4. The zero-order chi connectivity index (χ0) is 15.6. The molecule has 9 heteroatoms. The number of aryl methyl sites for hydroxylation is 1. The van der Waals surface area contributed by atoms with Crippen molar-refractivity contribution >= 4 is 39.1 Å². The minimum Gasteiger partial charge on any atom is -0.477 e. The van der Waals surface area contributed by atoms with Crippen molar-refractivity contribution in [2.24, 2.45) is 0 Å². The molecule has 2 N–H and O–H groups in total. The average Bonchev–Trinajstić information content (AvgIpc) is 2.80. The van der Waals surface area contributed by atoms with E-state index < -0.39 is 16.0 Å². The van der Waals surface area contributed by atoms with E-state index in [1.165, 1.54) is 30.9 Å². The number of carboxylic acids is 1. The van der Waals surface area contributed by atoms with Gasteiger partial charge in [0.1, 0.15) is 4.88 Å². The third kappa shape index (κ3) is 3.62. The minimum atomic E-state index is -3.45. The van der Waals surface area contributed by atoms with E-state index in [2.05, 4.69) is 9.71 Å². The van der Waals surface area contributed by atoms with Crippen molar-refractivity contribution in [3.63, 3.8) is 0 Å². The molecule has 0 saturated carbocycles. The van der Waals surface area contributed by atoms with Gasteiger partial charge < -0.3 is 5.11 Å². The molecule has 0 fully saturated rings. The van der Waals surface area contributed by atoms with Crippen molar-refractivity contribution in [3.05, 3.63) is 34.8 Å². The molecule has 0 bridgehead atoms. The SMILES string of the molecule is CNS(=O)(=O)c1ccc(Sc2nc(C)c(C(=O)O)s2)cc1. The summed E-state index contributed by atoms with van der Waals surface area (Å²) in [5.74, 6) is -0.993. The second-order valence-corrected chi connectivity index (χ2v) is 8.19. The summed E-state index contributed by atoms with van der Waals surface area (Å²) < 4.78 is 26.0. The standard InChI is InChI=1S/C12H12N2O4S3/c1-7-10(11(15)16)20-12(14-7)19-8-3-5-9(6-4-8)21(17,18)13-2/h3-6,13H,1-2H3,(H,15,16). The van der Waals surface area contributed by atoms with Gasteiger partial charge in [0.15, 0.2) is 4.34 Å². The first kappa shape index (κ1) is 16.0. The van der Waals surface area contributed by atoms with Gasteiger partial charge in [0.2, 0.25) is 10.0 Å². The van der Waals surface area contributed by atoms with Crippen LogP contribution in [0.15, 0.2) is 38.4 Å². The molecule has 112 valence electrons. The summed E-state index contributed by atoms with van der Waals surface area (Å²) in [6.07, 6.45) is 0. The van der Waals surface area contributed by atoms with E-state index in [-0.39, 0.29) is 9.77 Å². The summed E-state index contributed by atoms with van der Waals surface area (Å²) in [5.41, 5.74) is 0.476. The summed E-state index contributed by atoms with van der Waals surface area (Å²) in [6, 6.07) is 6.30. The Labute approximate surface area is 130 Å². The van der Waals surface area contributed by atoms with Crippen molar-refractivity contribution in [3.8, 4) is 0 Å². The molecule has 0 unspecified atom stereocenters. The van der Waals surface area contributed by atoms with E-state index in [0.29, 0.717) is 10.0 Å². The molecular weight excluding hydrogens is 332 g/mol. The monoisotopic (exact) mass is 344 g/mol. The Bertz CT molecular complexity index is 766. The molecule has 1 aromatic carbocycles. The summed E-state index contributed by atoms with van der Waals surface area (Å²) in [5, 5.41) is 8.99. The number of aromatic nitrogens is 1. The van der Waals surface area contributed by atoms with Crippen LogP contribution in [0.2, 0.25) is 0 Å². The number of rotatable bonds is 5. The molecule has 1 heterocycles. The Balaban J connectivity index is 2.21. The molecule has 0 aliphatic carbocycles. The Morgan fingerprint density at radius 2 is 1.95 bits per heavy atom. The van der Waals surface area contributed by atoms with Crippen LogP contribution in [0.1, 0.15) is 15.4 Å². The van der Waals surface area contributed by atoms with Gasteiger partial charge in [-0.15, -0.1) is 11.3 Å². The van der Waals surface area contributed by atoms with Gasteiger partial charge in [0.05, 0.1) is 10.6 Å². The number of aromatic carboxylic acids is 1. The van der Waals surface area contributed by atoms with Crippen LogP contribution in [-0.4, -0.2) is 31.5 Å². The van der Waals surface area contributed by atoms with Crippen molar-refractivity contribution in [1.29, 1.82) is 0 Å². The number of nitrogens with one attached hydrogen (secondary N) is 1. The van der Waals surface area contributed by atoms with Crippen LogP contribution in [0.25, 0.3) is 0 Å². The van der Waals surface area contributed by atoms with E-state index in [1.807, 2.05) is 0 Å². The number of benzene rings is 1. The van der Waals surface area contributed by atoms with E-state index in [1.54, 1.807) is 19.1 Å². The predicted molar refractivity (Wildman–Crippen MR) is 80.6 cm³/mol. The minimum absolute atomic E-state index is 0.177.